The zero-order valence-electron chi connectivity index (χ0n) is 9.58. The second-order valence-corrected chi connectivity index (χ2v) is 5.93. The average Bonchev–Trinajstić information content (AvgIpc) is 2.70. The van der Waals surface area contributed by atoms with E-state index < -0.39 is 0 Å². The van der Waals surface area contributed by atoms with Gasteiger partial charge in [-0.05, 0) is 71.1 Å². The number of thiophene rings is 1. The van der Waals surface area contributed by atoms with Crippen LogP contribution in [0.3, 0.4) is 0 Å². The molecular formula is C13H12INOS. The van der Waals surface area contributed by atoms with Crippen molar-refractivity contribution < 1.29 is 4.79 Å². The van der Waals surface area contributed by atoms with Gasteiger partial charge in [-0.3, -0.25) is 4.79 Å². The number of hydrogen-bond acceptors (Lipinski definition) is 2. The molecule has 1 heterocycles. The molecule has 1 aromatic carbocycles. The van der Waals surface area contributed by atoms with Crippen molar-refractivity contribution in [3.05, 3.63) is 49.2 Å². The highest BCUT2D eigenvalue weighted by molar-refractivity contribution is 14.1. The van der Waals surface area contributed by atoms with Gasteiger partial charge in [0.25, 0.3) is 5.91 Å². The molecule has 0 aliphatic rings. The molecule has 17 heavy (non-hydrogen) atoms. The third-order valence-electron chi connectivity index (χ3n) is 2.50. The van der Waals surface area contributed by atoms with Crippen LogP contribution in [0.15, 0.2) is 29.6 Å². The summed E-state index contributed by atoms with van der Waals surface area (Å²) in [7, 11) is 0. The molecule has 0 saturated heterocycles. The van der Waals surface area contributed by atoms with E-state index in [1.807, 2.05) is 36.6 Å². The Balaban J connectivity index is 2.19. The summed E-state index contributed by atoms with van der Waals surface area (Å²) >= 11 is 3.74. The third kappa shape index (κ3) is 2.87. The largest absolute Gasteiger partial charge is 0.321 e. The van der Waals surface area contributed by atoms with Crippen molar-refractivity contribution in [2.75, 3.05) is 5.32 Å². The van der Waals surface area contributed by atoms with Crippen LogP contribution in [0.4, 0.5) is 5.69 Å². The minimum atomic E-state index is -0.0304. The van der Waals surface area contributed by atoms with E-state index in [1.165, 1.54) is 16.9 Å². The molecule has 0 unspecified atom stereocenters. The summed E-state index contributed by atoms with van der Waals surface area (Å²) in [4.78, 5) is 12.8. The van der Waals surface area contributed by atoms with Gasteiger partial charge < -0.3 is 5.32 Å². The molecule has 0 aliphatic carbocycles. The number of amides is 1. The molecule has 0 fully saturated rings. The van der Waals surface area contributed by atoms with Gasteiger partial charge >= 0.3 is 0 Å². The highest BCUT2D eigenvalue weighted by atomic mass is 127. The van der Waals surface area contributed by atoms with E-state index in [1.54, 1.807) is 0 Å². The number of carbonyl (C=O) groups is 1. The number of halogens is 1. The van der Waals surface area contributed by atoms with Crippen molar-refractivity contribution in [3.8, 4) is 0 Å². The van der Waals surface area contributed by atoms with Gasteiger partial charge in [0.05, 0.1) is 4.88 Å². The number of anilines is 1. The number of hydrogen-bond donors (Lipinski definition) is 1. The van der Waals surface area contributed by atoms with Crippen LogP contribution in [-0.4, -0.2) is 5.91 Å². The van der Waals surface area contributed by atoms with Crippen molar-refractivity contribution in [2.24, 2.45) is 0 Å². The highest BCUT2D eigenvalue weighted by Crippen LogP contribution is 2.20. The monoisotopic (exact) mass is 357 g/mol. The minimum absolute atomic E-state index is 0.0304. The molecule has 0 spiro atoms. The van der Waals surface area contributed by atoms with Gasteiger partial charge in [0.15, 0.2) is 0 Å². The Hall–Kier alpha value is -0.880. The Labute approximate surface area is 118 Å². The molecule has 0 aliphatic heterocycles. The normalized spacial score (nSPS) is 10.3. The Bertz CT molecular complexity index is 562. The van der Waals surface area contributed by atoms with Crippen molar-refractivity contribution in [2.45, 2.75) is 13.8 Å². The van der Waals surface area contributed by atoms with E-state index in [2.05, 4.69) is 34.8 Å². The summed E-state index contributed by atoms with van der Waals surface area (Å²) in [6.07, 6.45) is 0. The molecule has 1 amide bonds. The molecular weight excluding hydrogens is 345 g/mol. The second kappa shape index (κ2) is 5.18. The number of aryl methyl sites for hydroxylation is 2. The van der Waals surface area contributed by atoms with Gasteiger partial charge in [0.1, 0.15) is 0 Å². The molecule has 2 rings (SSSR count). The first-order valence-electron chi connectivity index (χ1n) is 5.19. The smallest absolute Gasteiger partial charge is 0.265 e. The number of nitrogens with one attached hydrogen (secondary N) is 1. The summed E-state index contributed by atoms with van der Waals surface area (Å²) in [6.45, 7) is 4.00. The quantitative estimate of drug-likeness (QED) is 0.801. The fourth-order valence-corrected chi connectivity index (χ4v) is 2.80. The zero-order valence-corrected chi connectivity index (χ0v) is 12.6. The Morgan fingerprint density at radius 2 is 2.00 bits per heavy atom. The van der Waals surface area contributed by atoms with E-state index >= 15 is 0 Å². The zero-order chi connectivity index (χ0) is 12.4. The number of carbonyl (C=O) groups excluding carboxylic acids is 1. The SMILES string of the molecule is Cc1ccc(NC(=O)c2sccc2C)cc1I. The summed E-state index contributed by atoms with van der Waals surface area (Å²) in [5.74, 6) is -0.0304. The molecule has 0 atom stereocenters. The molecule has 0 saturated carbocycles. The lowest BCUT2D eigenvalue weighted by Crippen LogP contribution is -2.11. The molecule has 88 valence electrons. The van der Waals surface area contributed by atoms with E-state index in [-0.39, 0.29) is 5.91 Å². The van der Waals surface area contributed by atoms with Crippen LogP contribution in [0.25, 0.3) is 0 Å². The van der Waals surface area contributed by atoms with Crippen LogP contribution in [-0.2, 0) is 0 Å². The second-order valence-electron chi connectivity index (χ2n) is 3.85. The molecule has 0 radical (unpaired) electrons. The average molecular weight is 357 g/mol. The molecule has 1 aromatic heterocycles. The van der Waals surface area contributed by atoms with E-state index in [0.717, 1.165) is 19.7 Å². The van der Waals surface area contributed by atoms with Crippen LogP contribution >= 0.6 is 33.9 Å². The molecule has 2 aromatic rings. The standard InChI is InChI=1S/C13H12INOS/c1-8-3-4-10(7-11(8)14)15-13(16)12-9(2)5-6-17-12/h3-7H,1-2H3,(H,15,16). The van der Waals surface area contributed by atoms with Crippen LogP contribution in [0.5, 0.6) is 0 Å². The van der Waals surface area contributed by atoms with Crippen molar-refractivity contribution in [3.63, 3.8) is 0 Å². The fourth-order valence-electron chi connectivity index (χ4n) is 1.46. The van der Waals surface area contributed by atoms with Gasteiger partial charge in [0.2, 0.25) is 0 Å². The summed E-state index contributed by atoms with van der Waals surface area (Å²) in [6, 6.07) is 7.88. The number of benzene rings is 1. The van der Waals surface area contributed by atoms with Crippen LogP contribution < -0.4 is 5.32 Å². The van der Waals surface area contributed by atoms with Crippen LogP contribution in [0.2, 0.25) is 0 Å². The van der Waals surface area contributed by atoms with Gasteiger partial charge in [-0.15, -0.1) is 11.3 Å². The number of rotatable bonds is 2. The van der Waals surface area contributed by atoms with Gasteiger partial charge in [-0.1, -0.05) is 6.07 Å². The van der Waals surface area contributed by atoms with E-state index in [9.17, 15) is 4.79 Å². The van der Waals surface area contributed by atoms with Crippen LogP contribution in [0.1, 0.15) is 20.8 Å². The third-order valence-corrected chi connectivity index (χ3v) is 4.68. The topological polar surface area (TPSA) is 29.1 Å². The van der Waals surface area contributed by atoms with Gasteiger partial charge in [-0.25, -0.2) is 0 Å². The molecule has 2 nitrogen and oxygen atoms in total. The predicted octanol–water partition coefficient (Wildman–Crippen LogP) is 4.22. The maximum atomic E-state index is 12.0. The van der Waals surface area contributed by atoms with Crippen LogP contribution in [0, 0.1) is 17.4 Å². The highest BCUT2D eigenvalue weighted by Gasteiger charge is 2.10. The summed E-state index contributed by atoms with van der Waals surface area (Å²) < 4.78 is 1.16. The van der Waals surface area contributed by atoms with E-state index in [4.69, 9.17) is 0 Å². The fraction of sp³-hybridized carbons (Fsp3) is 0.154. The first kappa shape index (κ1) is 12.6. The summed E-state index contributed by atoms with van der Waals surface area (Å²) in [5.41, 5.74) is 3.09. The lowest BCUT2D eigenvalue weighted by atomic mass is 10.2. The predicted molar refractivity (Wildman–Crippen MR) is 80.9 cm³/mol. The summed E-state index contributed by atoms with van der Waals surface area (Å²) in [5, 5.41) is 4.85. The molecule has 4 heteroatoms. The minimum Gasteiger partial charge on any atom is -0.321 e. The van der Waals surface area contributed by atoms with Gasteiger partial charge in [-0.2, -0.15) is 0 Å². The molecule has 0 bridgehead atoms. The van der Waals surface area contributed by atoms with Crippen molar-refractivity contribution in [1.82, 2.24) is 0 Å². The van der Waals surface area contributed by atoms with Crippen molar-refractivity contribution >= 4 is 45.5 Å². The van der Waals surface area contributed by atoms with Gasteiger partial charge in [0, 0.05) is 9.26 Å². The Morgan fingerprint density at radius 3 is 2.59 bits per heavy atom. The lowest BCUT2D eigenvalue weighted by molar-refractivity contribution is 0.103. The first-order chi connectivity index (χ1) is 8.08. The molecule has 1 N–H and O–H groups in total. The Morgan fingerprint density at radius 1 is 1.24 bits per heavy atom. The first-order valence-corrected chi connectivity index (χ1v) is 7.15. The van der Waals surface area contributed by atoms with Crippen molar-refractivity contribution in [1.29, 1.82) is 0 Å². The Kier molecular flexibility index (Phi) is 3.83. The maximum Gasteiger partial charge on any atom is 0.265 e. The lowest BCUT2D eigenvalue weighted by Gasteiger charge is -2.06. The van der Waals surface area contributed by atoms with E-state index in [0.29, 0.717) is 0 Å². The maximum absolute atomic E-state index is 12.0.